The topological polar surface area (TPSA) is 61.0 Å². The zero-order chi connectivity index (χ0) is 39.6. The lowest BCUT2D eigenvalue weighted by atomic mass is 9.82. The lowest BCUT2D eigenvalue weighted by Crippen LogP contribution is -2.23. The summed E-state index contributed by atoms with van der Waals surface area (Å²) in [7, 11) is 0. The summed E-state index contributed by atoms with van der Waals surface area (Å²) in [4.78, 5) is 15.1. The first kappa shape index (κ1) is 34.2. The average Bonchev–Trinajstić information content (AvgIpc) is 3.91. The summed E-state index contributed by atoms with van der Waals surface area (Å²) < 4.78 is 13.4. The van der Waals surface area contributed by atoms with Gasteiger partial charge in [-0.2, -0.15) is 0 Å². The second-order valence-corrected chi connectivity index (χ2v) is 15.4. The monoisotopic (exact) mass is 769 g/mol. The van der Waals surface area contributed by atoms with E-state index in [1.54, 1.807) is 0 Å². The van der Waals surface area contributed by atoms with Crippen LogP contribution in [-0.4, -0.2) is 21.1 Å². The number of hydrogen-bond donors (Lipinski definition) is 0. The van der Waals surface area contributed by atoms with Gasteiger partial charge in [0.2, 0.25) is 0 Å². The Balaban J connectivity index is 0.970. The molecule has 2 aromatic heterocycles. The number of para-hydroxylation sites is 1. The Morgan fingerprint density at radius 2 is 1.05 bits per heavy atom. The third-order valence-electron chi connectivity index (χ3n) is 11.9. The number of furan rings is 1. The lowest BCUT2D eigenvalue weighted by molar-refractivity contribution is 0.259. The van der Waals surface area contributed by atoms with E-state index in [1.165, 1.54) is 16.7 Å². The smallest absolute Gasteiger partial charge is 0.164 e. The van der Waals surface area contributed by atoms with E-state index in [0.29, 0.717) is 17.5 Å². The van der Waals surface area contributed by atoms with Gasteiger partial charge in [0.05, 0.1) is 0 Å². The van der Waals surface area contributed by atoms with Crippen molar-refractivity contribution < 1.29 is 9.15 Å². The van der Waals surface area contributed by atoms with Gasteiger partial charge in [-0.3, -0.25) is 0 Å². The van der Waals surface area contributed by atoms with Crippen LogP contribution in [0, 0.1) is 0 Å². The van der Waals surface area contributed by atoms with Gasteiger partial charge >= 0.3 is 0 Å². The van der Waals surface area contributed by atoms with Crippen molar-refractivity contribution in [2.24, 2.45) is 0 Å². The van der Waals surface area contributed by atoms with Crippen molar-refractivity contribution in [3.8, 4) is 62.2 Å². The largest absolute Gasteiger partial charge is 0.484 e. The maximum Gasteiger partial charge on any atom is 0.164 e. The summed E-state index contributed by atoms with van der Waals surface area (Å²) in [6.07, 6.45) is 6.52. The molecule has 12 rings (SSSR count). The van der Waals surface area contributed by atoms with E-state index in [1.807, 2.05) is 42.5 Å². The van der Waals surface area contributed by atoms with Crippen LogP contribution in [-0.2, 0) is 0 Å². The van der Waals surface area contributed by atoms with E-state index in [2.05, 4.69) is 158 Å². The van der Waals surface area contributed by atoms with Crippen molar-refractivity contribution in [1.82, 2.24) is 15.0 Å². The van der Waals surface area contributed by atoms with E-state index in [9.17, 15) is 0 Å². The normalized spacial score (nSPS) is 15.5. The fourth-order valence-corrected chi connectivity index (χ4v) is 9.07. The van der Waals surface area contributed by atoms with Crippen LogP contribution in [0.5, 0.6) is 5.75 Å². The van der Waals surface area contributed by atoms with Crippen molar-refractivity contribution in [3.63, 3.8) is 0 Å². The number of hydrogen-bond acceptors (Lipinski definition) is 5. The summed E-state index contributed by atoms with van der Waals surface area (Å²) in [6.45, 7) is 0. The highest BCUT2D eigenvalue weighted by Crippen LogP contribution is 2.49. The number of benzene rings is 8. The van der Waals surface area contributed by atoms with E-state index < -0.39 is 0 Å². The highest BCUT2D eigenvalue weighted by Gasteiger charge is 2.37. The van der Waals surface area contributed by atoms with Crippen molar-refractivity contribution in [3.05, 3.63) is 211 Å². The fourth-order valence-electron chi connectivity index (χ4n) is 9.07. The summed E-state index contributed by atoms with van der Waals surface area (Å²) in [5, 5.41) is 4.41. The van der Waals surface area contributed by atoms with Crippen molar-refractivity contribution in [2.45, 2.75) is 12.0 Å². The van der Waals surface area contributed by atoms with Crippen LogP contribution in [0.3, 0.4) is 0 Å². The maximum atomic E-state index is 6.76. The van der Waals surface area contributed by atoms with Gasteiger partial charge in [-0.25, -0.2) is 15.0 Å². The quantitative estimate of drug-likeness (QED) is 0.169. The fraction of sp³-hybridized carbons (Fsp3) is 0.0364. The molecule has 0 saturated carbocycles. The molecule has 2 atom stereocenters. The predicted octanol–water partition coefficient (Wildman–Crippen LogP) is 13.8. The Labute approximate surface area is 346 Å². The Kier molecular flexibility index (Phi) is 7.91. The second kappa shape index (κ2) is 13.9. The second-order valence-electron chi connectivity index (χ2n) is 15.4. The molecule has 0 amide bonds. The van der Waals surface area contributed by atoms with Crippen LogP contribution < -0.4 is 4.74 Å². The molecule has 0 N–H and O–H groups in total. The lowest BCUT2D eigenvalue weighted by Gasteiger charge is -2.25. The molecule has 2 aliphatic rings. The van der Waals surface area contributed by atoms with E-state index in [0.717, 1.165) is 77.4 Å². The molecule has 1 aliphatic carbocycles. The van der Waals surface area contributed by atoms with Gasteiger partial charge in [0.15, 0.2) is 17.5 Å². The molecule has 0 bridgehead atoms. The number of allylic oxidation sites excluding steroid dienone is 2. The van der Waals surface area contributed by atoms with E-state index >= 15 is 0 Å². The summed E-state index contributed by atoms with van der Waals surface area (Å²) in [6, 6.07) is 63.1. The Morgan fingerprint density at radius 3 is 1.85 bits per heavy atom. The minimum absolute atomic E-state index is 0.0166. The summed E-state index contributed by atoms with van der Waals surface area (Å²) in [5.41, 5.74) is 12.6. The third kappa shape index (κ3) is 5.66. The number of ether oxygens (including phenoxy) is 1. The molecule has 1 aliphatic heterocycles. The molecule has 60 heavy (non-hydrogen) atoms. The number of nitrogens with zero attached hydrogens (tertiary/aromatic N) is 3. The molecule has 0 fully saturated rings. The maximum absolute atomic E-state index is 6.76. The molecular weight excluding hydrogens is 735 g/mol. The van der Waals surface area contributed by atoms with Crippen LogP contribution in [0.15, 0.2) is 205 Å². The summed E-state index contributed by atoms with van der Waals surface area (Å²) >= 11 is 0. The van der Waals surface area contributed by atoms with Gasteiger partial charge < -0.3 is 9.15 Å². The van der Waals surface area contributed by atoms with Crippen LogP contribution in [0.25, 0.3) is 94.7 Å². The van der Waals surface area contributed by atoms with Gasteiger partial charge in [-0.15, -0.1) is 0 Å². The molecule has 10 aromatic rings. The average molecular weight is 770 g/mol. The SMILES string of the molecule is C1=CC(c2cccc3oc4c5ccccc5c(-c5ccc(-c6nc(-c7ccccc7)nc(-c7cccc(-c8ccccc8)c7)n6)cc5)cc4c23)C2Oc3ccccc3C2=C1. The Bertz CT molecular complexity index is 3350. The Morgan fingerprint density at radius 1 is 0.433 bits per heavy atom. The number of fused-ring (bicyclic) bond motifs is 8. The molecule has 8 aromatic carbocycles. The van der Waals surface area contributed by atoms with Crippen LogP contribution in [0.2, 0.25) is 0 Å². The Hall–Kier alpha value is -7.89. The number of rotatable bonds is 6. The highest BCUT2D eigenvalue weighted by molar-refractivity contribution is 6.20. The molecular formula is C55H35N3O2. The molecule has 0 saturated heterocycles. The summed E-state index contributed by atoms with van der Waals surface area (Å²) in [5.74, 6) is 2.83. The van der Waals surface area contributed by atoms with Crippen LogP contribution >= 0.6 is 0 Å². The molecule has 0 radical (unpaired) electrons. The standard InChI is InChI=1S/C55H35N3O2/c1-3-14-34(15-4-1)38-18-11-19-39(32-38)55-57-53(36-16-5-2-6-17-36)56-54(58-55)37-30-28-35(29-31-37)46-33-47-50-42(23-13-27-49(50)60-52(47)43-22-8-7-20-40(43)46)45-25-12-24-44-41-21-9-10-26-48(41)59-51(44)45/h1-33,45,51H. The molecule has 3 heterocycles. The van der Waals surface area contributed by atoms with Crippen molar-refractivity contribution in [1.29, 1.82) is 0 Å². The molecule has 282 valence electrons. The van der Waals surface area contributed by atoms with Gasteiger partial charge in [0, 0.05) is 49.9 Å². The predicted molar refractivity (Wildman–Crippen MR) is 243 cm³/mol. The first-order valence-electron chi connectivity index (χ1n) is 20.3. The third-order valence-corrected chi connectivity index (χ3v) is 11.9. The van der Waals surface area contributed by atoms with E-state index in [4.69, 9.17) is 24.1 Å². The first-order chi connectivity index (χ1) is 29.7. The molecule has 5 nitrogen and oxygen atoms in total. The van der Waals surface area contributed by atoms with Crippen LogP contribution in [0.1, 0.15) is 17.0 Å². The zero-order valence-electron chi connectivity index (χ0n) is 32.4. The first-order valence-corrected chi connectivity index (χ1v) is 20.3. The van der Waals surface area contributed by atoms with E-state index in [-0.39, 0.29) is 12.0 Å². The highest BCUT2D eigenvalue weighted by atomic mass is 16.5. The zero-order valence-corrected chi connectivity index (χ0v) is 32.4. The minimum atomic E-state index is -0.110. The molecule has 2 unspecified atom stereocenters. The van der Waals surface area contributed by atoms with Gasteiger partial charge in [0.25, 0.3) is 0 Å². The van der Waals surface area contributed by atoms with Gasteiger partial charge in [0.1, 0.15) is 23.0 Å². The van der Waals surface area contributed by atoms with Gasteiger partial charge in [-0.1, -0.05) is 176 Å². The van der Waals surface area contributed by atoms with Gasteiger partial charge in [-0.05, 0) is 57.5 Å². The van der Waals surface area contributed by atoms with Crippen molar-refractivity contribution in [2.75, 3.05) is 0 Å². The molecule has 5 heteroatoms. The van der Waals surface area contributed by atoms with Crippen LogP contribution in [0.4, 0.5) is 0 Å². The number of aromatic nitrogens is 3. The molecule has 0 spiro atoms. The van der Waals surface area contributed by atoms with Crippen molar-refractivity contribution >= 4 is 38.3 Å². The minimum Gasteiger partial charge on any atom is -0.484 e.